The molecule has 50 heavy (non-hydrogen) atoms. The SMILES string of the molecule is C1=CC2c3cc4c5ccccc5n(-c5ccccc5)c4cc3N(c3ccc(-c4nc(-c5ccccc5)nc(-c5ccccc5)n4)cc3)C2C=C1. The van der Waals surface area contributed by atoms with Crippen LogP contribution in [0, 0.1) is 0 Å². The number of nitrogens with zero attached hydrogens (tertiary/aromatic N) is 5. The van der Waals surface area contributed by atoms with E-state index in [9.17, 15) is 0 Å². The normalized spacial score (nSPS) is 16.2. The van der Waals surface area contributed by atoms with E-state index < -0.39 is 0 Å². The Morgan fingerprint density at radius 3 is 1.66 bits per heavy atom. The molecular formula is C45H31N5. The van der Waals surface area contributed by atoms with Crippen molar-refractivity contribution in [2.75, 3.05) is 4.90 Å². The first-order valence-corrected chi connectivity index (χ1v) is 17.0. The number of rotatable bonds is 5. The zero-order chi connectivity index (χ0) is 33.0. The van der Waals surface area contributed by atoms with Gasteiger partial charge in [-0.15, -0.1) is 0 Å². The molecule has 8 aromatic rings. The minimum Gasteiger partial charge on any atom is -0.333 e. The number of aromatic nitrogens is 4. The van der Waals surface area contributed by atoms with Crippen LogP contribution in [-0.4, -0.2) is 25.6 Å². The number of fused-ring (bicyclic) bond motifs is 6. The Hall–Kier alpha value is -6.59. The van der Waals surface area contributed by atoms with Gasteiger partial charge in [0, 0.05) is 50.4 Å². The molecule has 2 unspecified atom stereocenters. The predicted octanol–water partition coefficient (Wildman–Crippen LogP) is 10.7. The smallest absolute Gasteiger partial charge is 0.164 e. The second-order valence-electron chi connectivity index (χ2n) is 12.9. The monoisotopic (exact) mass is 641 g/mol. The van der Waals surface area contributed by atoms with Crippen LogP contribution in [0.15, 0.2) is 176 Å². The predicted molar refractivity (Wildman–Crippen MR) is 204 cm³/mol. The maximum absolute atomic E-state index is 4.96. The fourth-order valence-electron chi connectivity index (χ4n) is 7.66. The molecule has 2 atom stereocenters. The Balaban J connectivity index is 1.11. The quantitative estimate of drug-likeness (QED) is 0.188. The van der Waals surface area contributed by atoms with Crippen molar-refractivity contribution >= 4 is 33.2 Å². The Kier molecular flexibility index (Phi) is 6.56. The molecule has 0 saturated carbocycles. The van der Waals surface area contributed by atoms with Gasteiger partial charge in [-0.2, -0.15) is 0 Å². The van der Waals surface area contributed by atoms with Crippen LogP contribution in [0.1, 0.15) is 11.5 Å². The lowest BCUT2D eigenvalue weighted by molar-refractivity contribution is 0.745. The molecule has 236 valence electrons. The van der Waals surface area contributed by atoms with E-state index in [2.05, 4.69) is 125 Å². The second-order valence-corrected chi connectivity index (χ2v) is 12.9. The summed E-state index contributed by atoms with van der Waals surface area (Å²) in [5, 5.41) is 2.55. The highest BCUT2D eigenvalue weighted by Crippen LogP contribution is 2.50. The van der Waals surface area contributed by atoms with Gasteiger partial charge in [0.1, 0.15) is 0 Å². The number of hydrogen-bond acceptors (Lipinski definition) is 4. The Bertz CT molecular complexity index is 2530. The van der Waals surface area contributed by atoms with Gasteiger partial charge in [-0.05, 0) is 60.2 Å². The summed E-state index contributed by atoms with van der Waals surface area (Å²) in [4.78, 5) is 17.3. The van der Waals surface area contributed by atoms with Gasteiger partial charge < -0.3 is 9.47 Å². The van der Waals surface area contributed by atoms with Crippen LogP contribution in [0.5, 0.6) is 0 Å². The Morgan fingerprint density at radius 2 is 1.00 bits per heavy atom. The summed E-state index contributed by atoms with van der Waals surface area (Å²) >= 11 is 0. The van der Waals surface area contributed by atoms with Gasteiger partial charge in [-0.25, -0.2) is 15.0 Å². The molecular weight excluding hydrogens is 611 g/mol. The third kappa shape index (κ3) is 4.59. The van der Waals surface area contributed by atoms with E-state index in [0.29, 0.717) is 17.5 Å². The minimum absolute atomic E-state index is 0.176. The maximum atomic E-state index is 4.96. The molecule has 0 saturated heterocycles. The maximum Gasteiger partial charge on any atom is 0.164 e. The van der Waals surface area contributed by atoms with Crippen molar-refractivity contribution in [3.8, 4) is 39.9 Å². The molecule has 2 aliphatic rings. The van der Waals surface area contributed by atoms with Crippen molar-refractivity contribution in [2.24, 2.45) is 0 Å². The number of para-hydroxylation sites is 2. The van der Waals surface area contributed by atoms with Crippen molar-refractivity contribution in [1.29, 1.82) is 0 Å². The highest BCUT2D eigenvalue weighted by Gasteiger charge is 2.38. The van der Waals surface area contributed by atoms with Gasteiger partial charge in [0.05, 0.1) is 17.1 Å². The van der Waals surface area contributed by atoms with Gasteiger partial charge >= 0.3 is 0 Å². The molecule has 0 fully saturated rings. The van der Waals surface area contributed by atoms with Gasteiger partial charge in [0.2, 0.25) is 0 Å². The molecule has 6 aromatic carbocycles. The highest BCUT2D eigenvalue weighted by molar-refractivity contribution is 6.11. The van der Waals surface area contributed by atoms with Gasteiger partial charge in [-0.1, -0.05) is 121 Å². The summed E-state index contributed by atoms with van der Waals surface area (Å²) in [5.74, 6) is 2.22. The lowest BCUT2D eigenvalue weighted by Gasteiger charge is -2.28. The standard InChI is InChI=1S/C45H31N5/c1-4-14-30(15-5-1)43-46-44(31-16-6-2-7-17-31)48-45(47-43)32-24-26-34(27-25-32)50-40-23-13-11-21-36(40)38-28-37-35-20-10-12-22-39(35)49(41(37)29-42(38)50)33-18-8-3-9-19-33/h1-29,36,40H. The summed E-state index contributed by atoms with van der Waals surface area (Å²) in [6, 6.07) is 53.4. The van der Waals surface area contributed by atoms with Crippen LogP contribution in [0.2, 0.25) is 0 Å². The van der Waals surface area contributed by atoms with Crippen LogP contribution in [0.3, 0.4) is 0 Å². The van der Waals surface area contributed by atoms with Crippen LogP contribution in [-0.2, 0) is 0 Å². The summed E-state index contributed by atoms with van der Waals surface area (Å²) in [7, 11) is 0. The van der Waals surface area contributed by atoms with Gasteiger partial charge in [0.25, 0.3) is 0 Å². The van der Waals surface area contributed by atoms with Gasteiger partial charge in [0.15, 0.2) is 17.5 Å². The van der Waals surface area contributed by atoms with E-state index in [-0.39, 0.29) is 12.0 Å². The molecule has 0 spiro atoms. The zero-order valence-corrected chi connectivity index (χ0v) is 27.1. The average Bonchev–Trinajstić information content (AvgIpc) is 3.70. The molecule has 0 amide bonds. The summed E-state index contributed by atoms with van der Waals surface area (Å²) in [6.07, 6.45) is 9.04. The molecule has 10 rings (SSSR count). The zero-order valence-electron chi connectivity index (χ0n) is 27.1. The van der Waals surface area contributed by atoms with Crippen molar-refractivity contribution < 1.29 is 0 Å². The minimum atomic E-state index is 0.176. The fraction of sp³-hybridized carbons (Fsp3) is 0.0444. The van der Waals surface area contributed by atoms with Crippen molar-refractivity contribution in [1.82, 2.24) is 19.5 Å². The third-order valence-electron chi connectivity index (χ3n) is 9.96. The second kappa shape index (κ2) is 11.5. The number of allylic oxidation sites excluding steroid dienone is 2. The number of anilines is 2. The third-order valence-corrected chi connectivity index (χ3v) is 9.96. The first kappa shape index (κ1) is 28.4. The molecule has 5 nitrogen and oxygen atoms in total. The first-order chi connectivity index (χ1) is 24.8. The molecule has 5 heteroatoms. The van der Waals surface area contributed by atoms with E-state index >= 15 is 0 Å². The molecule has 1 aliphatic heterocycles. The van der Waals surface area contributed by atoms with E-state index in [1.165, 1.54) is 33.1 Å². The van der Waals surface area contributed by atoms with Crippen LogP contribution < -0.4 is 4.90 Å². The summed E-state index contributed by atoms with van der Waals surface area (Å²) < 4.78 is 2.40. The van der Waals surface area contributed by atoms with Crippen LogP contribution in [0.25, 0.3) is 61.7 Å². The van der Waals surface area contributed by atoms with E-state index in [1.54, 1.807) is 0 Å². The van der Waals surface area contributed by atoms with Crippen LogP contribution in [0.4, 0.5) is 11.4 Å². The van der Waals surface area contributed by atoms with Crippen molar-refractivity contribution in [2.45, 2.75) is 12.0 Å². The lowest BCUT2D eigenvalue weighted by atomic mass is 9.90. The number of hydrogen-bond donors (Lipinski definition) is 0. The lowest BCUT2D eigenvalue weighted by Crippen LogP contribution is -2.28. The Morgan fingerprint density at radius 1 is 0.440 bits per heavy atom. The molecule has 0 bridgehead atoms. The van der Waals surface area contributed by atoms with Crippen molar-refractivity contribution in [3.05, 3.63) is 182 Å². The molecule has 0 radical (unpaired) electrons. The number of benzene rings is 6. The summed E-state index contributed by atoms with van der Waals surface area (Å²) in [5.41, 5.74) is 10.1. The molecule has 0 N–H and O–H groups in total. The molecule has 2 aromatic heterocycles. The topological polar surface area (TPSA) is 46.8 Å². The van der Waals surface area contributed by atoms with E-state index in [0.717, 1.165) is 28.1 Å². The fourth-order valence-corrected chi connectivity index (χ4v) is 7.66. The molecule has 3 heterocycles. The van der Waals surface area contributed by atoms with E-state index in [1.807, 2.05) is 60.7 Å². The summed E-state index contributed by atoms with van der Waals surface area (Å²) in [6.45, 7) is 0. The van der Waals surface area contributed by atoms with E-state index in [4.69, 9.17) is 15.0 Å². The van der Waals surface area contributed by atoms with Crippen molar-refractivity contribution in [3.63, 3.8) is 0 Å². The Labute approximate surface area is 290 Å². The van der Waals surface area contributed by atoms with Gasteiger partial charge in [-0.3, -0.25) is 0 Å². The first-order valence-electron chi connectivity index (χ1n) is 17.0. The largest absolute Gasteiger partial charge is 0.333 e. The molecule has 1 aliphatic carbocycles. The average molecular weight is 642 g/mol. The van der Waals surface area contributed by atoms with Crippen LogP contribution >= 0.6 is 0 Å². The highest BCUT2D eigenvalue weighted by atomic mass is 15.2.